The molecule has 0 bridgehead atoms. The second-order valence-corrected chi connectivity index (χ2v) is 10.5. The second kappa shape index (κ2) is 16.3. The standard InChI is InChI=1S/C33H34F3N5O5/c34-33(35,36)26-15-11-22(12-16-26)17-19-38-31(43)25-13-9-23(10-14-25)20-28-40-30(41-46-28)29(42)27(8-4-5-18-37)39-32(44)45-21-24-6-2-1-3-7-24/h1-3,6-7,9-16,27H,4-5,8,17-21,37H2,(H,38,43)(H,39,44)/t27-/m0/s1. The Morgan fingerprint density at radius 1 is 0.891 bits per heavy atom. The molecule has 0 unspecified atom stereocenters. The number of amides is 2. The molecule has 0 aliphatic rings. The first-order valence-corrected chi connectivity index (χ1v) is 14.7. The van der Waals surface area contributed by atoms with Crippen LogP contribution in [0.2, 0.25) is 0 Å². The van der Waals surface area contributed by atoms with Gasteiger partial charge in [0, 0.05) is 12.1 Å². The molecule has 0 radical (unpaired) electrons. The van der Waals surface area contributed by atoms with Gasteiger partial charge < -0.3 is 25.6 Å². The van der Waals surface area contributed by atoms with Crippen molar-refractivity contribution in [3.05, 3.63) is 118 Å². The Balaban J connectivity index is 1.28. The van der Waals surface area contributed by atoms with Gasteiger partial charge in [0.15, 0.2) is 0 Å². The number of nitrogens with two attached hydrogens (primary N) is 1. The Morgan fingerprint density at radius 3 is 2.26 bits per heavy atom. The van der Waals surface area contributed by atoms with Crippen molar-refractivity contribution < 1.29 is 36.8 Å². The predicted octanol–water partition coefficient (Wildman–Crippen LogP) is 5.26. The van der Waals surface area contributed by atoms with Gasteiger partial charge in [0.05, 0.1) is 18.0 Å². The number of ketones is 1. The molecule has 10 nitrogen and oxygen atoms in total. The number of Topliss-reactive ketones (excluding diaryl/α,β-unsaturated/α-hetero) is 1. The number of hydrogen-bond donors (Lipinski definition) is 3. The molecule has 0 spiro atoms. The number of halogens is 3. The zero-order valence-corrected chi connectivity index (χ0v) is 24.9. The lowest BCUT2D eigenvalue weighted by Gasteiger charge is -2.16. The maximum absolute atomic E-state index is 13.2. The van der Waals surface area contributed by atoms with Crippen molar-refractivity contribution in [1.29, 1.82) is 0 Å². The van der Waals surface area contributed by atoms with Crippen LogP contribution in [0.4, 0.5) is 18.0 Å². The molecule has 242 valence electrons. The van der Waals surface area contributed by atoms with Crippen LogP contribution in [0.1, 0.15) is 68.4 Å². The lowest BCUT2D eigenvalue weighted by molar-refractivity contribution is -0.137. The number of benzene rings is 3. The van der Waals surface area contributed by atoms with Gasteiger partial charge in [0.2, 0.25) is 17.5 Å². The van der Waals surface area contributed by atoms with E-state index in [0.717, 1.165) is 23.3 Å². The van der Waals surface area contributed by atoms with E-state index in [4.69, 9.17) is 15.0 Å². The van der Waals surface area contributed by atoms with Gasteiger partial charge in [0.1, 0.15) is 6.61 Å². The van der Waals surface area contributed by atoms with Gasteiger partial charge in [0.25, 0.3) is 5.91 Å². The van der Waals surface area contributed by atoms with E-state index >= 15 is 0 Å². The molecule has 3 aromatic carbocycles. The molecule has 4 N–H and O–H groups in total. The minimum absolute atomic E-state index is 0.0475. The van der Waals surface area contributed by atoms with Crippen molar-refractivity contribution in [3.8, 4) is 0 Å². The Bertz CT molecular complexity index is 1580. The first-order chi connectivity index (χ1) is 22.1. The number of carbonyl (C=O) groups excluding carboxylic acids is 3. The quantitative estimate of drug-likeness (QED) is 0.118. The van der Waals surface area contributed by atoms with Crippen LogP contribution in [0.15, 0.2) is 83.4 Å². The van der Waals surface area contributed by atoms with Crippen LogP contribution in [0.25, 0.3) is 0 Å². The molecule has 0 aliphatic carbocycles. The number of rotatable bonds is 15. The number of alkyl halides is 3. The SMILES string of the molecule is NCCCC[C@H](NC(=O)OCc1ccccc1)C(=O)c1noc(Cc2ccc(C(=O)NCCc3ccc(C(F)(F)F)cc3)cc2)n1. The summed E-state index contributed by atoms with van der Waals surface area (Å²) in [6.07, 6.45) is -3.01. The number of carbonyl (C=O) groups is 3. The van der Waals surface area contributed by atoms with E-state index in [-0.39, 0.29) is 37.2 Å². The van der Waals surface area contributed by atoms with Gasteiger partial charge in [-0.05, 0) is 73.2 Å². The van der Waals surface area contributed by atoms with Crippen molar-refractivity contribution in [2.45, 2.75) is 50.9 Å². The fourth-order valence-electron chi connectivity index (χ4n) is 4.48. The maximum Gasteiger partial charge on any atom is 0.416 e. The third kappa shape index (κ3) is 10.3. The minimum atomic E-state index is -4.40. The third-order valence-electron chi connectivity index (χ3n) is 7.01. The highest BCUT2D eigenvalue weighted by Gasteiger charge is 2.30. The number of aromatic nitrogens is 2. The Kier molecular flexibility index (Phi) is 12.0. The lowest BCUT2D eigenvalue weighted by atomic mass is 10.0. The molecule has 0 aliphatic heterocycles. The largest absolute Gasteiger partial charge is 0.445 e. The van der Waals surface area contributed by atoms with Crippen molar-refractivity contribution in [1.82, 2.24) is 20.8 Å². The summed E-state index contributed by atoms with van der Waals surface area (Å²) in [5.41, 5.74) is 7.47. The van der Waals surface area contributed by atoms with Crippen LogP contribution in [0.3, 0.4) is 0 Å². The van der Waals surface area contributed by atoms with Crippen LogP contribution >= 0.6 is 0 Å². The van der Waals surface area contributed by atoms with Crippen molar-refractivity contribution in [3.63, 3.8) is 0 Å². The van der Waals surface area contributed by atoms with Gasteiger partial charge in [-0.1, -0.05) is 59.8 Å². The first kappa shape index (κ1) is 33.8. The average molecular weight is 638 g/mol. The predicted molar refractivity (Wildman–Crippen MR) is 162 cm³/mol. The number of hydrogen-bond acceptors (Lipinski definition) is 8. The van der Waals surface area contributed by atoms with Crippen molar-refractivity contribution >= 4 is 17.8 Å². The fraction of sp³-hybridized carbons (Fsp3) is 0.303. The summed E-state index contributed by atoms with van der Waals surface area (Å²) >= 11 is 0. The number of unbranched alkanes of at least 4 members (excludes halogenated alkanes) is 1. The van der Waals surface area contributed by atoms with Gasteiger partial charge >= 0.3 is 12.3 Å². The Labute approximate surface area is 263 Å². The number of alkyl carbamates (subject to hydrolysis) is 1. The molecule has 1 aromatic heterocycles. The number of nitrogens with one attached hydrogen (secondary N) is 2. The Morgan fingerprint density at radius 2 is 1.59 bits per heavy atom. The second-order valence-electron chi connectivity index (χ2n) is 10.5. The van der Waals surface area contributed by atoms with Gasteiger partial charge in [-0.25, -0.2) is 4.79 Å². The summed E-state index contributed by atoms with van der Waals surface area (Å²) in [6, 6.07) is 19.7. The van der Waals surface area contributed by atoms with E-state index in [9.17, 15) is 27.6 Å². The van der Waals surface area contributed by atoms with Crippen molar-refractivity contribution in [2.24, 2.45) is 5.73 Å². The highest BCUT2D eigenvalue weighted by molar-refractivity contribution is 5.98. The highest BCUT2D eigenvalue weighted by Crippen LogP contribution is 2.29. The topological polar surface area (TPSA) is 149 Å². The molecule has 1 atom stereocenters. The van der Waals surface area contributed by atoms with Crippen LogP contribution in [-0.4, -0.2) is 47.1 Å². The lowest BCUT2D eigenvalue weighted by Crippen LogP contribution is -2.41. The molecular weight excluding hydrogens is 603 g/mol. The van der Waals surface area contributed by atoms with Crippen LogP contribution < -0.4 is 16.4 Å². The van der Waals surface area contributed by atoms with Gasteiger partial charge in [-0.15, -0.1) is 0 Å². The molecule has 0 fully saturated rings. The molecule has 4 aromatic rings. The molecule has 0 saturated heterocycles. The molecule has 46 heavy (non-hydrogen) atoms. The summed E-state index contributed by atoms with van der Waals surface area (Å²) in [5, 5.41) is 9.16. The zero-order chi connectivity index (χ0) is 32.9. The van der Waals surface area contributed by atoms with E-state index in [2.05, 4.69) is 20.8 Å². The molecule has 2 amide bonds. The molecule has 4 rings (SSSR count). The fourth-order valence-corrected chi connectivity index (χ4v) is 4.48. The zero-order valence-electron chi connectivity index (χ0n) is 24.9. The third-order valence-corrected chi connectivity index (χ3v) is 7.01. The van der Waals surface area contributed by atoms with Crippen LogP contribution in [0.5, 0.6) is 0 Å². The van der Waals surface area contributed by atoms with E-state index < -0.39 is 29.7 Å². The van der Waals surface area contributed by atoms with Gasteiger partial charge in [-0.3, -0.25) is 9.59 Å². The summed E-state index contributed by atoms with van der Waals surface area (Å²) in [6.45, 7) is 0.735. The normalized spacial score (nSPS) is 11.9. The minimum Gasteiger partial charge on any atom is -0.445 e. The number of nitrogens with zero attached hydrogens (tertiary/aromatic N) is 2. The van der Waals surface area contributed by atoms with Crippen LogP contribution in [0, 0.1) is 0 Å². The monoisotopic (exact) mass is 637 g/mol. The van der Waals surface area contributed by atoms with E-state index in [1.807, 2.05) is 30.3 Å². The molecule has 0 saturated carbocycles. The first-order valence-electron chi connectivity index (χ1n) is 14.7. The molecule has 13 heteroatoms. The smallest absolute Gasteiger partial charge is 0.416 e. The summed E-state index contributed by atoms with van der Waals surface area (Å²) in [5.74, 6) is -0.865. The summed E-state index contributed by atoms with van der Waals surface area (Å²) in [7, 11) is 0. The molecular formula is C33H34F3N5O5. The Hall–Kier alpha value is -5.04. The van der Waals surface area contributed by atoms with E-state index in [1.165, 1.54) is 12.1 Å². The van der Waals surface area contributed by atoms with Gasteiger partial charge in [-0.2, -0.15) is 18.2 Å². The van der Waals surface area contributed by atoms with E-state index in [1.54, 1.807) is 24.3 Å². The summed E-state index contributed by atoms with van der Waals surface area (Å²) in [4.78, 5) is 42.4. The van der Waals surface area contributed by atoms with E-state index in [0.29, 0.717) is 43.4 Å². The van der Waals surface area contributed by atoms with Crippen molar-refractivity contribution in [2.75, 3.05) is 13.1 Å². The average Bonchev–Trinajstić information content (AvgIpc) is 3.52. The molecule has 1 heterocycles. The summed E-state index contributed by atoms with van der Waals surface area (Å²) < 4.78 is 48.7. The highest BCUT2D eigenvalue weighted by atomic mass is 19.4. The van der Waals surface area contributed by atoms with Crippen LogP contribution in [-0.2, 0) is 30.4 Å². The number of ether oxygens (including phenoxy) is 1. The maximum atomic E-state index is 13.2.